The number of carboxylic acid groups (broad SMARTS) is 2. The molecular formula is C14H24N2O5. The summed E-state index contributed by atoms with van der Waals surface area (Å²) >= 11 is 0. The molecule has 1 aliphatic rings. The van der Waals surface area contributed by atoms with Crippen molar-refractivity contribution >= 4 is 18.0 Å². The van der Waals surface area contributed by atoms with Crippen LogP contribution in [0.15, 0.2) is 0 Å². The van der Waals surface area contributed by atoms with Crippen molar-refractivity contribution in [1.29, 1.82) is 0 Å². The normalized spacial score (nSPS) is 18.1. The van der Waals surface area contributed by atoms with Gasteiger partial charge >= 0.3 is 18.0 Å². The lowest BCUT2D eigenvalue weighted by Crippen LogP contribution is -2.49. The molecule has 1 aliphatic carbocycles. The van der Waals surface area contributed by atoms with Gasteiger partial charge < -0.3 is 20.8 Å². The summed E-state index contributed by atoms with van der Waals surface area (Å²) in [7, 11) is 0. The summed E-state index contributed by atoms with van der Waals surface area (Å²) in [6.45, 7) is 0. The summed E-state index contributed by atoms with van der Waals surface area (Å²) in [6.07, 6.45) is 7.07. The van der Waals surface area contributed by atoms with Gasteiger partial charge in [0.2, 0.25) is 0 Å². The molecule has 0 aromatic rings. The molecule has 7 nitrogen and oxygen atoms in total. The second-order valence-electron chi connectivity index (χ2n) is 5.48. The number of carbonyl (C=O) groups excluding carboxylic acids is 1. The Balaban J connectivity index is 2.40. The molecule has 7 heteroatoms. The Bertz CT molecular complexity index is 364. The average Bonchev–Trinajstić information content (AvgIpc) is 2.37. The Labute approximate surface area is 124 Å². The van der Waals surface area contributed by atoms with Gasteiger partial charge in [-0.25, -0.2) is 9.59 Å². The number of hydrogen-bond acceptors (Lipinski definition) is 3. The fourth-order valence-electron chi connectivity index (χ4n) is 2.51. The first kappa shape index (κ1) is 17.3. The monoisotopic (exact) mass is 300 g/mol. The van der Waals surface area contributed by atoms with E-state index in [4.69, 9.17) is 10.2 Å². The zero-order valence-electron chi connectivity index (χ0n) is 12.1. The van der Waals surface area contributed by atoms with Crippen molar-refractivity contribution in [1.82, 2.24) is 10.6 Å². The minimum atomic E-state index is -1.22. The zero-order chi connectivity index (χ0) is 15.7. The van der Waals surface area contributed by atoms with E-state index in [0.717, 1.165) is 38.5 Å². The van der Waals surface area contributed by atoms with Crippen molar-refractivity contribution < 1.29 is 24.6 Å². The first-order valence-corrected chi connectivity index (χ1v) is 7.50. The van der Waals surface area contributed by atoms with Crippen LogP contribution in [0.25, 0.3) is 0 Å². The van der Waals surface area contributed by atoms with Crippen molar-refractivity contribution in [2.24, 2.45) is 0 Å². The van der Waals surface area contributed by atoms with Crippen molar-refractivity contribution in [3.8, 4) is 0 Å². The van der Waals surface area contributed by atoms with Crippen LogP contribution in [-0.4, -0.2) is 40.3 Å². The van der Waals surface area contributed by atoms with Gasteiger partial charge in [0, 0.05) is 12.5 Å². The molecule has 1 rings (SSSR count). The number of carboxylic acids is 2. The first-order chi connectivity index (χ1) is 9.99. The molecule has 2 amide bonds. The topological polar surface area (TPSA) is 116 Å². The largest absolute Gasteiger partial charge is 0.481 e. The van der Waals surface area contributed by atoms with Crippen LogP contribution in [0.3, 0.4) is 0 Å². The molecule has 0 spiro atoms. The predicted molar refractivity (Wildman–Crippen MR) is 76.1 cm³/mol. The highest BCUT2D eigenvalue weighted by Gasteiger charge is 2.22. The Morgan fingerprint density at radius 3 is 2.10 bits per heavy atom. The molecule has 0 aliphatic heterocycles. The van der Waals surface area contributed by atoms with E-state index >= 15 is 0 Å². The highest BCUT2D eigenvalue weighted by Crippen LogP contribution is 2.17. The van der Waals surface area contributed by atoms with Gasteiger partial charge in [0.15, 0.2) is 0 Å². The van der Waals surface area contributed by atoms with Crippen molar-refractivity contribution in [2.75, 3.05) is 0 Å². The molecule has 0 heterocycles. The van der Waals surface area contributed by atoms with Gasteiger partial charge in [-0.3, -0.25) is 4.79 Å². The van der Waals surface area contributed by atoms with Crippen LogP contribution >= 0.6 is 0 Å². The van der Waals surface area contributed by atoms with Crippen molar-refractivity contribution in [2.45, 2.75) is 69.9 Å². The van der Waals surface area contributed by atoms with Crippen LogP contribution in [0.1, 0.15) is 57.8 Å². The summed E-state index contributed by atoms with van der Waals surface area (Å²) in [6, 6.07) is -1.63. The van der Waals surface area contributed by atoms with E-state index in [1.165, 1.54) is 6.42 Å². The molecule has 1 saturated carbocycles. The van der Waals surface area contributed by atoms with Crippen molar-refractivity contribution in [3.05, 3.63) is 0 Å². The third-order valence-corrected chi connectivity index (χ3v) is 3.69. The quantitative estimate of drug-likeness (QED) is 0.596. The van der Waals surface area contributed by atoms with Crippen LogP contribution in [0.2, 0.25) is 0 Å². The second-order valence-corrected chi connectivity index (χ2v) is 5.48. The predicted octanol–water partition coefficient (Wildman–Crippen LogP) is 1.72. The van der Waals surface area contributed by atoms with Crippen LogP contribution in [0.4, 0.5) is 4.79 Å². The summed E-state index contributed by atoms with van der Waals surface area (Å²) in [5.41, 5.74) is 0. The number of carbonyl (C=O) groups is 3. The van der Waals surface area contributed by atoms with Gasteiger partial charge in [0.05, 0.1) is 0 Å². The summed E-state index contributed by atoms with van der Waals surface area (Å²) < 4.78 is 0. The van der Waals surface area contributed by atoms with E-state index < -0.39 is 24.0 Å². The standard InChI is InChI=1S/C14H24N2O5/c17-12(18)9-8-11(13(19)20)16-14(21)15-10-6-4-2-1-3-5-7-10/h10-11H,1-9H2,(H,17,18)(H,19,20)(H2,15,16,21). The van der Waals surface area contributed by atoms with Gasteiger partial charge in [-0.1, -0.05) is 32.1 Å². The van der Waals surface area contributed by atoms with Crippen LogP contribution in [0.5, 0.6) is 0 Å². The Kier molecular flexibility index (Phi) is 7.56. The fourth-order valence-corrected chi connectivity index (χ4v) is 2.51. The maximum Gasteiger partial charge on any atom is 0.326 e. The zero-order valence-corrected chi connectivity index (χ0v) is 12.1. The van der Waals surface area contributed by atoms with E-state index in [1.807, 2.05) is 0 Å². The lowest BCUT2D eigenvalue weighted by atomic mass is 9.97. The Hall–Kier alpha value is -1.79. The van der Waals surface area contributed by atoms with Crippen LogP contribution < -0.4 is 10.6 Å². The lowest BCUT2D eigenvalue weighted by molar-refractivity contribution is -0.140. The Morgan fingerprint density at radius 1 is 1.00 bits per heavy atom. The molecule has 4 N–H and O–H groups in total. The van der Waals surface area contributed by atoms with Gasteiger partial charge in [0.25, 0.3) is 0 Å². The van der Waals surface area contributed by atoms with Crippen LogP contribution in [-0.2, 0) is 9.59 Å². The molecule has 120 valence electrons. The molecule has 1 unspecified atom stereocenters. The highest BCUT2D eigenvalue weighted by atomic mass is 16.4. The van der Waals surface area contributed by atoms with E-state index in [-0.39, 0.29) is 18.9 Å². The summed E-state index contributed by atoms with van der Waals surface area (Å²) in [5.74, 6) is -2.30. The minimum absolute atomic E-state index is 0.0687. The van der Waals surface area contributed by atoms with E-state index in [2.05, 4.69) is 10.6 Å². The fraction of sp³-hybridized carbons (Fsp3) is 0.786. The molecule has 0 saturated heterocycles. The SMILES string of the molecule is O=C(O)CCC(NC(=O)NC1CCCCCCC1)C(=O)O. The second kappa shape index (κ2) is 9.20. The molecule has 0 aromatic heterocycles. The van der Waals surface area contributed by atoms with Gasteiger partial charge in [-0.15, -0.1) is 0 Å². The van der Waals surface area contributed by atoms with Crippen LogP contribution in [0, 0.1) is 0 Å². The third-order valence-electron chi connectivity index (χ3n) is 3.69. The highest BCUT2D eigenvalue weighted by molar-refractivity contribution is 5.83. The van der Waals surface area contributed by atoms with E-state index in [1.54, 1.807) is 0 Å². The molecule has 0 bridgehead atoms. The Morgan fingerprint density at radius 2 is 1.57 bits per heavy atom. The number of amides is 2. The number of nitrogens with one attached hydrogen (secondary N) is 2. The van der Waals surface area contributed by atoms with E-state index in [9.17, 15) is 14.4 Å². The number of aliphatic carboxylic acids is 2. The minimum Gasteiger partial charge on any atom is -0.481 e. The van der Waals surface area contributed by atoms with Gasteiger partial charge in [-0.2, -0.15) is 0 Å². The molecule has 1 atom stereocenters. The molecule has 1 fully saturated rings. The summed E-state index contributed by atoms with van der Waals surface area (Å²) in [4.78, 5) is 33.3. The van der Waals surface area contributed by atoms with Gasteiger partial charge in [0.1, 0.15) is 6.04 Å². The number of hydrogen-bond donors (Lipinski definition) is 4. The van der Waals surface area contributed by atoms with Crippen molar-refractivity contribution in [3.63, 3.8) is 0 Å². The first-order valence-electron chi connectivity index (χ1n) is 7.50. The molecular weight excluding hydrogens is 276 g/mol. The third kappa shape index (κ3) is 7.53. The molecule has 0 radical (unpaired) electrons. The molecule has 21 heavy (non-hydrogen) atoms. The maximum absolute atomic E-state index is 11.8. The number of urea groups is 1. The average molecular weight is 300 g/mol. The smallest absolute Gasteiger partial charge is 0.326 e. The summed E-state index contributed by atoms with van der Waals surface area (Å²) in [5, 5.41) is 22.7. The molecule has 0 aromatic carbocycles. The van der Waals surface area contributed by atoms with Gasteiger partial charge in [-0.05, 0) is 19.3 Å². The lowest BCUT2D eigenvalue weighted by Gasteiger charge is -2.22. The maximum atomic E-state index is 11.8. The number of rotatable bonds is 6. The van der Waals surface area contributed by atoms with E-state index in [0.29, 0.717) is 0 Å².